The Morgan fingerprint density at radius 3 is 2.37 bits per heavy atom. The van der Waals surface area contributed by atoms with Crippen molar-refractivity contribution < 1.29 is 64.7 Å². The average molecular weight is 899 g/mol. The molecule has 4 aliphatic carbocycles. The Bertz CT molecular complexity index is 1490. The van der Waals surface area contributed by atoms with Gasteiger partial charge in [0.2, 0.25) is 0 Å². The Kier molecular flexibility index (Phi) is 19.1. The number of nitrogens with zero attached hydrogens (tertiary/aromatic N) is 1. The van der Waals surface area contributed by atoms with E-state index >= 15 is 0 Å². The highest BCUT2D eigenvalue weighted by Crippen LogP contribution is 2.67. The molecule has 0 aromatic heterocycles. The molecule has 2 amide bonds. The fraction of sp³-hybridized carbons (Fsp3) is 0.913. The summed E-state index contributed by atoms with van der Waals surface area (Å²) in [6.07, 6.45) is -1.72. The number of fused-ring (bicyclic) bond motifs is 5. The summed E-state index contributed by atoms with van der Waals surface area (Å²) in [5.74, 6) is 3.53. The SMILES string of the molecule is CC(C)CCCC(C)C1CCC2C3CC=C4CC(OC(=O)N(CCN)CCNCCNC(=O)C(O)C(O)C(OC5OC(CO)C(O)C(O)C5O)C(O)CO)CCC4(C)C3CCC12C. The fourth-order valence-electron chi connectivity index (χ4n) is 12.3. The summed E-state index contributed by atoms with van der Waals surface area (Å²) in [6, 6.07) is 0. The smallest absolute Gasteiger partial charge is 0.410 e. The van der Waals surface area contributed by atoms with Crippen molar-refractivity contribution in [2.75, 3.05) is 52.5 Å². The lowest BCUT2D eigenvalue weighted by atomic mass is 9.47. The van der Waals surface area contributed by atoms with E-state index in [0.29, 0.717) is 31.0 Å². The number of carbonyl (C=O) groups is 2. The summed E-state index contributed by atoms with van der Waals surface area (Å²) >= 11 is 0. The largest absolute Gasteiger partial charge is 0.446 e. The van der Waals surface area contributed by atoms with E-state index in [1.807, 2.05) is 0 Å². The summed E-state index contributed by atoms with van der Waals surface area (Å²) in [5.41, 5.74) is 7.92. The molecule has 1 aliphatic heterocycles. The molecule has 0 bridgehead atoms. The Balaban J connectivity index is 1.05. The van der Waals surface area contributed by atoms with Gasteiger partial charge in [-0.1, -0.05) is 65.5 Å². The van der Waals surface area contributed by atoms with Gasteiger partial charge < -0.3 is 76.3 Å². The van der Waals surface area contributed by atoms with Crippen molar-refractivity contribution in [3.8, 4) is 0 Å². The second kappa shape index (κ2) is 23.1. The number of rotatable bonds is 22. The summed E-state index contributed by atoms with van der Waals surface area (Å²) in [7, 11) is 0. The fourth-order valence-corrected chi connectivity index (χ4v) is 12.3. The first-order chi connectivity index (χ1) is 29.9. The van der Waals surface area contributed by atoms with E-state index < -0.39 is 80.3 Å². The molecule has 5 rings (SSSR count). The van der Waals surface area contributed by atoms with Crippen LogP contribution in [0.15, 0.2) is 11.6 Å². The molecule has 364 valence electrons. The minimum absolute atomic E-state index is 0.000669. The monoisotopic (exact) mass is 899 g/mol. The Morgan fingerprint density at radius 1 is 0.937 bits per heavy atom. The molecule has 1 heterocycles. The zero-order valence-electron chi connectivity index (χ0n) is 38.4. The molecular weight excluding hydrogens is 817 g/mol. The molecule has 63 heavy (non-hydrogen) atoms. The molecule has 0 radical (unpaired) electrons. The lowest BCUT2D eigenvalue weighted by Gasteiger charge is -2.58. The normalized spacial score (nSPS) is 36.5. The summed E-state index contributed by atoms with van der Waals surface area (Å²) in [5, 5.41) is 86.6. The van der Waals surface area contributed by atoms with Crippen LogP contribution >= 0.6 is 0 Å². The maximum atomic E-state index is 13.5. The standard InChI is InChI=1S/C46H82N4O13/c1-26(2)7-6-8-27(3)31-11-12-32-30-10-9-28-23-29(13-15-45(28,4)33(30)14-16-46(31,32)5)61-44(60)50(21-17-47)22-20-48-18-19-49-42(59)39(57)38(56)41(34(53)24-51)63-43-40(58)37(55)36(54)35(25-52)62-43/h9,26-27,29-41,43,48,51-58H,6-8,10-25,47H2,1-5H3,(H,49,59). The van der Waals surface area contributed by atoms with Crippen molar-refractivity contribution in [2.24, 2.45) is 52.1 Å². The maximum Gasteiger partial charge on any atom is 0.410 e. The molecular formula is C46H82N4O13. The third-order valence-electron chi connectivity index (χ3n) is 16.0. The summed E-state index contributed by atoms with van der Waals surface area (Å²) in [4.78, 5) is 27.8. The van der Waals surface area contributed by atoms with Gasteiger partial charge in [0.1, 0.15) is 48.8 Å². The predicted molar refractivity (Wildman–Crippen MR) is 234 cm³/mol. The van der Waals surface area contributed by atoms with E-state index in [1.54, 1.807) is 4.90 Å². The van der Waals surface area contributed by atoms with Crippen LogP contribution in [0, 0.1) is 46.3 Å². The van der Waals surface area contributed by atoms with E-state index in [-0.39, 0.29) is 31.2 Å². The van der Waals surface area contributed by atoms with Gasteiger partial charge in [-0.3, -0.25) is 4.79 Å². The molecule has 0 aromatic carbocycles. The number of allylic oxidation sites excluding steroid dienone is 1. The second-order valence-electron chi connectivity index (χ2n) is 20.3. The number of aliphatic hydroxyl groups is 8. The lowest BCUT2D eigenvalue weighted by Crippen LogP contribution is -2.62. The van der Waals surface area contributed by atoms with Crippen LogP contribution in [0.1, 0.15) is 105 Å². The molecule has 17 nitrogen and oxygen atoms in total. The number of aliphatic hydroxyl groups excluding tert-OH is 8. The van der Waals surface area contributed by atoms with Crippen LogP contribution in [0.4, 0.5) is 4.79 Å². The lowest BCUT2D eigenvalue weighted by molar-refractivity contribution is -0.326. The van der Waals surface area contributed by atoms with Crippen molar-refractivity contribution in [3.63, 3.8) is 0 Å². The minimum atomic E-state index is -2.17. The first-order valence-corrected chi connectivity index (χ1v) is 23.9. The first-order valence-electron chi connectivity index (χ1n) is 23.9. The predicted octanol–water partition coefficient (Wildman–Crippen LogP) is 0.760. The van der Waals surface area contributed by atoms with Gasteiger partial charge >= 0.3 is 6.09 Å². The highest BCUT2D eigenvalue weighted by Gasteiger charge is 2.59. The van der Waals surface area contributed by atoms with Gasteiger partial charge in [-0.15, -0.1) is 0 Å². The van der Waals surface area contributed by atoms with Crippen LogP contribution in [0.3, 0.4) is 0 Å². The first kappa shape index (κ1) is 52.0. The van der Waals surface area contributed by atoms with Gasteiger partial charge in [-0.25, -0.2) is 4.79 Å². The molecule has 1 saturated heterocycles. The van der Waals surface area contributed by atoms with Crippen LogP contribution in [0.5, 0.6) is 0 Å². The maximum absolute atomic E-state index is 13.5. The molecule has 17 unspecified atom stereocenters. The van der Waals surface area contributed by atoms with Crippen molar-refractivity contribution in [3.05, 3.63) is 11.6 Å². The van der Waals surface area contributed by atoms with E-state index in [2.05, 4.69) is 51.3 Å². The molecule has 0 aromatic rings. The molecule has 12 N–H and O–H groups in total. The number of nitrogens with one attached hydrogen (secondary N) is 2. The van der Waals surface area contributed by atoms with Crippen molar-refractivity contribution in [1.29, 1.82) is 0 Å². The molecule has 4 fully saturated rings. The van der Waals surface area contributed by atoms with Gasteiger partial charge in [0.05, 0.1) is 13.2 Å². The average Bonchev–Trinajstić information content (AvgIpc) is 3.62. The highest BCUT2D eigenvalue weighted by atomic mass is 16.7. The van der Waals surface area contributed by atoms with E-state index in [1.165, 1.54) is 50.5 Å². The van der Waals surface area contributed by atoms with Gasteiger partial charge in [-0.05, 0) is 91.3 Å². The van der Waals surface area contributed by atoms with Crippen LogP contribution in [0.25, 0.3) is 0 Å². The summed E-state index contributed by atoms with van der Waals surface area (Å²) < 4.78 is 16.7. The van der Waals surface area contributed by atoms with Crippen LogP contribution in [-0.2, 0) is 19.0 Å². The van der Waals surface area contributed by atoms with Gasteiger partial charge in [-0.2, -0.15) is 0 Å². The zero-order valence-corrected chi connectivity index (χ0v) is 38.4. The van der Waals surface area contributed by atoms with Crippen LogP contribution in [-0.4, -0.2) is 171 Å². The van der Waals surface area contributed by atoms with Gasteiger partial charge in [0.25, 0.3) is 5.91 Å². The Hall–Kier alpha value is -2.00. The second-order valence-corrected chi connectivity index (χ2v) is 20.3. The summed E-state index contributed by atoms with van der Waals surface area (Å²) in [6.45, 7) is 12.0. The third-order valence-corrected chi connectivity index (χ3v) is 16.0. The topological polar surface area (TPSA) is 277 Å². The number of hydrogen-bond acceptors (Lipinski definition) is 15. The Labute approximate surface area is 374 Å². The molecule has 3 saturated carbocycles. The van der Waals surface area contributed by atoms with Crippen LogP contribution < -0.4 is 16.4 Å². The molecule has 5 aliphatic rings. The number of hydrogen-bond donors (Lipinski definition) is 11. The van der Waals surface area contributed by atoms with Crippen molar-refractivity contribution in [1.82, 2.24) is 15.5 Å². The molecule has 17 heteroatoms. The third kappa shape index (κ3) is 11.9. The number of amides is 2. The number of carbonyl (C=O) groups excluding carboxylic acids is 2. The zero-order chi connectivity index (χ0) is 46.2. The van der Waals surface area contributed by atoms with E-state index in [9.17, 15) is 50.4 Å². The quantitative estimate of drug-likeness (QED) is 0.0529. The van der Waals surface area contributed by atoms with Gasteiger partial charge in [0, 0.05) is 45.7 Å². The molecule has 17 atom stereocenters. The molecule has 0 spiro atoms. The Morgan fingerprint density at radius 2 is 1.68 bits per heavy atom. The number of ether oxygens (including phenoxy) is 3. The van der Waals surface area contributed by atoms with E-state index in [4.69, 9.17) is 19.9 Å². The number of nitrogens with two attached hydrogens (primary N) is 1. The van der Waals surface area contributed by atoms with E-state index in [0.717, 1.165) is 55.3 Å². The minimum Gasteiger partial charge on any atom is -0.446 e. The van der Waals surface area contributed by atoms with Crippen LogP contribution in [0.2, 0.25) is 0 Å². The van der Waals surface area contributed by atoms with Crippen molar-refractivity contribution in [2.45, 2.75) is 166 Å². The van der Waals surface area contributed by atoms with Crippen molar-refractivity contribution >= 4 is 12.0 Å². The van der Waals surface area contributed by atoms with Gasteiger partial charge in [0.15, 0.2) is 12.4 Å². The highest BCUT2D eigenvalue weighted by molar-refractivity contribution is 5.81.